The summed E-state index contributed by atoms with van der Waals surface area (Å²) in [5.41, 5.74) is 2.29. The van der Waals surface area contributed by atoms with Gasteiger partial charge in [-0.05, 0) is 0 Å². The fraction of sp³-hybridized carbons (Fsp3) is 0.333. The van der Waals surface area contributed by atoms with E-state index in [1.807, 2.05) is 0 Å². The molecule has 0 saturated heterocycles. The van der Waals surface area contributed by atoms with Crippen LogP contribution in [0.25, 0.3) is 0 Å². The number of allylic oxidation sites excluding steroid dienone is 4. The summed E-state index contributed by atoms with van der Waals surface area (Å²) in [5, 5.41) is 0. The van der Waals surface area contributed by atoms with Crippen LogP contribution in [0.4, 0.5) is 0 Å². The summed E-state index contributed by atoms with van der Waals surface area (Å²) in [4.78, 5) is 0. The summed E-state index contributed by atoms with van der Waals surface area (Å²) in [7, 11) is 0. The van der Waals surface area contributed by atoms with Crippen LogP contribution in [0.15, 0.2) is 22.5 Å². The van der Waals surface area contributed by atoms with Crippen LogP contribution in [0.3, 0.4) is 0 Å². The molecule has 0 atom stereocenters. The number of rotatable bonds is 1. The Morgan fingerprint density at radius 1 is 1.44 bits per heavy atom. The van der Waals surface area contributed by atoms with Gasteiger partial charge in [0, 0.05) is 0 Å². The van der Waals surface area contributed by atoms with Gasteiger partial charge in [-0.15, -0.1) is 24.8 Å². The molecule has 0 nitrogen and oxygen atoms in total. The summed E-state index contributed by atoms with van der Waals surface area (Å²) >= 11 is 0.523. The molecule has 0 unspecified atom stereocenters. The van der Waals surface area contributed by atoms with Crippen LogP contribution in [0, 0.1) is 0 Å². The zero-order chi connectivity index (χ0) is 5.11. The van der Waals surface area contributed by atoms with E-state index in [0.29, 0.717) is 16.3 Å². The third kappa shape index (κ3) is 4.10. The normalized spacial score (nSPS) is 13.2. The van der Waals surface area contributed by atoms with Gasteiger partial charge in [-0.2, -0.15) is 0 Å². The van der Waals surface area contributed by atoms with Crippen molar-refractivity contribution in [3.8, 4) is 0 Å². The predicted octanol–water partition coefficient (Wildman–Crippen LogP) is 2.80. The second-order valence-corrected chi connectivity index (χ2v) is 3.11. The van der Waals surface area contributed by atoms with Crippen molar-refractivity contribution in [1.82, 2.24) is 0 Å². The molecule has 0 spiro atoms. The first-order chi connectivity index (χ1) is 3.43. The summed E-state index contributed by atoms with van der Waals surface area (Å²) in [6.07, 6.45) is 7.83. The van der Waals surface area contributed by atoms with Crippen molar-refractivity contribution >= 4 is 24.8 Å². The van der Waals surface area contributed by atoms with Gasteiger partial charge in [0.1, 0.15) is 0 Å². The molecular weight excluding hydrogens is 194 g/mol. The Labute approximate surface area is 75.7 Å². The molecule has 0 aromatic carbocycles. The first-order valence-corrected chi connectivity index (χ1v) is 4.48. The van der Waals surface area contributed by atoms with E-state index < -0.39 is 0 Å². The first kappa shape index (κ1) is 12.3. The molecule has 0 aromatic heterocycles. The van der Waals surface area contributed by atoms with Gasteiger partial charge in [0.2, 0.25) is 0 Å². The maximum atomic E-state index is 2.29. The van der Waals surface area contributed by atoms with Gasteiger partial charge in [0.25, 0.3) is 0 Å². The van der Waals surface area contributed by atoms with E-state index in [4.69, 9.17) is 0 Å². The topological polar surface area (TPSA) is 0 Å². The quantitative estimate of drug-likeness (QED) is 0.615. The van der Waals surface area contributed by atoms with Crippen LogP contribution in [-0.4, -0.2) is 0 Å². The van der Waals surface area contributed by atoms with Crippen LogP contribution in [0.2, 0.25) is 5.64 Å². The van der Waals surface area contributed by atoms with Crippen LogP contribution >= 0.6 is 24.8 Å². The Morgan fingerprint density at radius 2 is 2.11 bits per heavy atom. The molecule has 0 fully saturated rings. The van der Waals surface area contributed by atoms with Crippen LogP contribution in [0.5, 0.6) is 0 Å². The molecule has 0 aromatic rings. The monoisotopic (exact) mass is 203 g/mol. The van der Waals surface area contributed by atoms with Crippen LogP contribution < -0.4 is 0 Å². The fourth-order valence-corrected chi connectivity index (χ4v) is 1.42. The van der Waals surface area contributed by atoms with Gasteiger partial charge >= 0.3 is 50.9 Å². The van der Waals surface area contributed by atoms with Crippen molar-refractivity contribution in [1.29, 1.82) is 0 Å². The predicted molar refractivity (Wildman–Crippen MR) is 42.2 cm³/mol. The van der Waals surface area contributed by atoms with Gasteiger partial charge in [-0.3, -0.25) is 0 Å². The van der Waals surface area contributed by atoms with Crippen molar-refractivity contribution in [3.63, 3.8) is 0 Å². The Hall–Kier alpha value is 0.644. The average Bonchev–Trinajstić information content (AvgIpc) is 2.14. The Bertz CT molecular complexity index is 118. The molecule has 1 rings (SSSR count). The summed E-state index contributed by atoms with van der Waals surface area (Å²) in [6.45, 7) is 0. The number of hydrogen-bond donors (Lipinski definition) is 0. The molecule has 0 radical (unpaired) electrons. The van der Waals surface area contributed by atoms with E-state index in [1.165, 1.54) is 6.42 Å². The van der Waals surface area contributed by atoms with E-state index in [2.05, 4.69) is 23.9 Å². The van der Waals surface area contributed by atoms with Crippen molar-refractivity contribution in [3.05, 3.63) is 22.5 Å². The molecule has 0 N–H and O–H groups in total. The molecule has 9 heavy (non-hydrogen) atoms. The minimum atomic E-state index is 0. The van der Waals surface area contributed by atoms with Crippen molar-refractivity contribution in [2.75, 3.05) is 0 Å². The summed E-state index contributed by atoms with van der Waals surface area (Å²) in [5.74, 6) is 0. The van der Waals surface area contributed by atoms with Gasteiger partial charge in [0.05, 0.1) is 0 Å². The van der Waals surface area contributed by atoms with Gasteiger partial charge in [0.15, 0.2) is 0 Å². The Morgan fingerprint density at radius 3 is 2.33 bits per heavy atom. The van der Waals surface area contributed by atoms with Crippen molar-refractivity contribution < 1.29 is 16.3 Å². The average molecular weight is 204 g/mol. The second-order valence-electron chi connectivity index (χ2n) is 1.51. The Kier molecular flexibility index (Phi) is 9.26. The minimum absolute atomic E-state index is 0. The molecule has 53 valence electrons. The van der Waals surface area contributed by atoms with Crippen LogP contribution in [-0.2, 0) is 16.3 Å². The molecule has 0 amide bonds. The van der Waals surface area contributed by atoms with Crippen LogP contribution in [0.1, 0.15) is 6.42 Å². The Balaban J connectivity index is 0. The van der Waals surface area contributed by atoms with E-state index in [9.17, 15) is 0 Å². The van der Waals surface area contributed by atoms with Gasteiger partial charge in [-0.25, -0.2) is 0 Å². The van der Waals surface area contributed by atoms with Gasteiger partial charge < -0.3 is 0 Å². The van der Waals surface area contributed by atoms with E-state index in [1.54, 1.807) is 4.28 Å². The van der Waals surface area contributed by atoms with E-state index in [0.717, 1.165) is 0 Å². The van der Waals surface area contributed by atoms with Gasteiger partial charge in [-0.1, -0.05) is 0 Å². The molecular formula is C6H10Cl2V. The van der Waals surface area contributed by atoms with Crippen molar-refractivity contribution in [2.45, 2.75) is 12.1 Å². The van der Waals surface area contributed by atoms with Crippen molar-refractivity contribution in [2.24, 2.45) is 0 Å². The second kappa shape index (κ2) is 6.76. The zero-order valence-electron chi connectivity index (χ0n) is 5.20. The fourth-order valence-electron chi connectivity index (χ4n) is 0.602. The standard InChI is InChI=1S/C5H5.CH3.2ClH.V/c1-2-4-5-3-1;;;;/h1-3H,4H2;1H3;2*1H;. The molecule has 1 aliphatic rings. The van der Waals surface area contributed by atoms with E-state index in [-0.39, 0.29) is 24.8 Å². The number of halogens is 2. The molecule has 1 aliphatic carbocycles. The molecule has 0 aliphatic heterocycles. The number of hydrogen-bond acceptors (Lipinski definition) is 0. The summed E-state index contributed by atoms with van der Waals surface area (Å²) < 4.78 is 1.65. The third-order valence-electron chi connectivity index (χ3n) is 1.04. The first-order valence-electron chi connectivity index (χ1n) is 2.39. The zero-order valence-corrected chi connectivity index (χ0v) is 8.23. The third-order valence-corrected chi connectivity index (χ3v) is 2.45. The summed E-state index contributed by atoms with van der Waals surface area (Å²) in [6, 6.07) is 0. The van der Waals surface area contributed by atoms with E-state index >= 15 is 0 Å². The molecule has 0 heterocycles. The maximum absolute atomic E-state index is 2.29. The molecule has 0 bridgehead atoms. The molecule has 0 saturated carbocycles. The SMILES string of the molecule is Cl.Cl.[CH3][V][C]1=CC=CC1. The molecule has 3 heteroatoms.